The molecule has 0 atom stereocenters. The Morgan fingerprint density at radius 2 is 1.88 bits per heavy atom. The van der Waals surface area contributed by atoms with E-state index >= 15 is 0 Å². The molecule has 0 N–H and O–H groups in total. The number of fused-ring (bicyclic) bond motifs is 1. The molecule has 132 valence electrons. The van der Waals surface area contributed by atoms with Crippen LogP contribution in [-0.2, 0) is 17.6 Å². The van der Waals surface area contributed by atoms with Crippen LogP contribution >= 0.6 is 11.3 Å². The van der Waals surface area contributed by atoms with E-state index in [1.807, 2.05) is 12.1 Å². The zero-order chi connectivity index (χ0) is 17.5. The van der Waals surface area contributed by atoms with Crippen molar-refractivity contribution in [2.75, 3.05) is 31.1 Å². The molecule has 1 aromatic heterocycles. The first-order valence-electron chi connectivity index (χ1n) is 8.94. The molecule has 2 aliphatic heterocycles. The van der Waals surface area contributed by atoms with Gasteiger partial charge in [-0.15, -0.1) is 11.3 Å². The van der Waals surface area contributed by atoms with Gasteiger partial charge in [0, 0.05) is 47.8 Å². The zero-order valence-electron chi connectivity index (χ0n) is 14.4. The van der Waals surface area contributed by atoms with Crippen LogP contribution in [0.5, 0.6) is 0 Å². The summed E-state index contributed by atoms with van der Waals surface area (Å²) in [5.74, 6) is 0. The van der Waals surface area contributed by atoms with Crippen LogP contribution in [0.15, 0.2) is 48.2 Å². The number of hydrogen-bond acceptors (Lipinski definition) is 5. The van der Waals surface area contributed by atoms with Crippen molar-refractivity contribution in [1.29, 1.82) is 0 Å². The smallest absolute Gasteiger partial charge is 0.414 e. The van der Waals surface area contributed by atoms with Crippen molar-refractivity contribution in [3.05, 3.63) is 58.8 Å². The van der Waals surface area contributed by atoms with Crippen molar-refractivity contribution in [2.24, 2.45) is 0 Å². The monoisotopic (exact) mass is 365 g/mol. The SMILES string of the molecule is O=C1OCCN1c1ccc(-c2nc3c(s2)CCN(C2=CC=C2)CC3)cc1. The molecule has 1 saturated heterocycles. The molecule has 1 aliphatic carbocycles. The van der Waals surface area contributed by atoms with E-state index in [0.29, 0.717) is 13.2 Å². The van der Waals surface area contributed by atoms with Crippen molar-refractivity contribution in [2.45, 2.75) is 12.8 Å². The van der Waals surface area contributed by atoms with E-state index in [1.165, 1.54) is 16.3 Å². The first-order valence-corrected chi connectivity index (χ1v) is 9.76. The molecule has 3 heterocycles. The average Bonchev–Trinajstić information content (AvgIpc) is 3.17. The van der Waals surface area contributed by atoms with Crippen molar-refractivity contribution < 1.29 is 9.53 Å². The van der Waals surface area contributed by atoms with Crippen LogP contribution in [0.25, 0.3) is 10.6 Å². The second-order valence-electron chi connectivity index (χ2n) is 6.64. The maximum absolute atomic E-state index is 11.7. The molecular formula is C20H19N3O2S. The van der Waals surface area contributed by atoms with E-state index in [9.17, 15) is 4.79 Å². The standard InChI is InChI=1S/C20H19N3O2S/c24-20-23(12-13-25-20)16-6-4-14(5-7-16)19-21-17-8-10-22(15-2-1-3-15)11-9-18(17)26-19/h1-7H,8-13H2. The Morgan fingerprint density at radius 1 is 1.08 bits per heavy atom. The number of carbonyl (C=O) groups is 1. The molecule has 0 bridgehead atoms. The molecule has 1 fully saturated rings. The van der Waals surface area contributed by atoms with E-state index in [2.05, 4.69) is 35.3 Å². The molecule has 1 amide bonds. The third-order valence-corrected chi connectivity index (χ3v) is 6.30. The Hall–Kier alpha value is -2.60. The minimum atomic E-state index is -0.264. The summed E-state index contributed by atoms with van der Waals surface area (Å²) >= 11 is 1.80. The summed E-state index contributed by atoms with van der Waals surface area (Å²) in [7, 11) is 0. The van der Waals surface area contributed by atoms with E-state index in [0.717, 1.165) is 42.2 Å². The number of benzene rings is 1. The van der Waals surface area contributed by atoms with Gasteiger partial charge in [0.2, 0.25) is 0 Å². The summed E-state index contributed by atoms with van der Waals surface area (Å²) in [6, 6.07) is 8.06. The fourth-order valence-corrected chi connectivity index (χ4v) is 4.65. The normalized spacial score (nSPS) is 18.9. The first-order chi connectivity index (χ1) is 12.8. The highest BCUT2D eigenvalue weighted by atomic mass is 32.1. The average molecular weight is 365 g/mol. The quantitative estimate of drug-likeness (QED) is 0.833. The van der Waals surface area contributed by atoms with Gasteiger partial charge in [0.15, 0.2) is 0 Å². The van der Waals surface area contributed by atoms with Gasteiger partial charge in [0.1, 0.15) is 11.6 Å². The molecule has 2 aromatic rings. The number of amides is 1. The van der Waals surface area contributed by atoms with Crippen LogP contribution in [0.4, 0.5) is 10.5 Å². The van der Waals surface area contributed by atoms with Crippen molar-refractivity contribution in [1.82, 2.24) is 9.88 Å². The number of thiazole rings is 1. The Morgan fingerprint density at radius 3 is 2.58 bits per heavy atom. The van der Waals surface area contributed by atoms with Gasteiger partial charge < -0.3 is 9.64 Å². The molecule has 0 radical (unpaired) electrons. The van der Waals surface area contributed by atoms with Crippen LogP contribution in [-0.4, -0.2) is 42.2 Å². The minimum absolute atomic E-state index is 0.264. The molecule has 6 heteroatoms. The lowest BCUT2D eigenvalue weighted by molar-refractivity contribution is 0.181. The van der Waals surface area contributed by atoms with E-state index < -0.39 is 0 Å². The van der Waals surface area contributed by atoms with Gasteiger partial charge in [-0.05, 0) is 36.4 Å². The van der Waals surface area contributed by atoms with Crippen molar-refractivity contribution in [3.63, 3.8) is 0 Å². The number of cyclic esters (lactones) is 1. The van der Waals surface area contributed by atoms with Crippen LogP contribution in [0, 0.1) is 0 Å². The van der Waals surface area contributed by atoms with Crippen LogP contribution < -0.4 is 4.90 Å². The van der Waals surface area contributed by atoms with Gasteiger partial charge in [-0.25, -0.2) is 9.78 Å². The topological polar surface area (TPSA) is 45.7 Å². The second-order valence-corrected chi connectivity index (χ2v) is 7.72. The Balaban J connectivity index is 1.33. The Kier molecular flexibility index (Phi) is 3.78. The fourth-order valence-electron chi connectivity index (χ4n) is 3.55. The highest BCUT2D eigenvalue weighted by Crippen LogP contribution is 2.32. The van der Waals surface area contributed by atoms with Gasteiger partial charge in [-0.2, -0.15) is 0 Å². The van der Waals surface area contributed by atoms with Gasteiger partial charge in [-0.1, -0.05) is 6.08 Å². The zero-order valence-corrected chi connectivity index (χ0v) is 15.2. The number of rotatable bonds is 3. The van der Waals surface area contributed by atoms with Gasteiger partial charge in [0.05, 0.1) is 12.2 Å². The molecule has 0 saturated carbocycles. The number of aromatic nitrogens is 1. The van der Waals surface area contributed by atoms with E-state index in [1.54, 1.807) is 16.2 Å². The number of anilines is 1. The van der Waals surface area contributed by atoms with Gasteiger partial charge >= 0.3 is 6.09 Å². The van der Waals surface area contributed by atoms with Crippen molar-refractivity contribution >= 4 is 23.1 Å². The molecule has 26 heavy (non-hydrogen) atoms. The third kappa shape index (κ3) is 2.70. The predicted octanol–water partition coefficient (Wildman–Crippen LogP) is 3.62. The second kappa shape index (κ2) is 6.29. The summed E-state index contributed by atoms with van der Waals surface area (Å²) in [4.78, 5) is 22.1. The summed E-state index contributed by atoms with van der Waals surface area (Å²) in [6.07, 6.45) is 8.23. The summed E-state index contributed by atoms with van der Waals surface area (Å²) < 4.78 is 5.00. The molecule has 3 aliphatic rings. The highest BCUT2D eigenvalue weighted by molar-refractivity contribution is 7.15. The van der Waals surface area contributed by atoms with Crippen molar-refractivity contribution in [3.8, 4) is 10.6 Å². The molecule has 5 nitrogen and oxygen atoms in total. The third-order valence-electron chi connectivity index (χ3n) is 5.09. The van der Waals surface area contributed by atoms with Gasteiger partial charge in [-0.3, -0.25) is 4.90 Å². The molecular weight excluding hydrogens is 346 g/mol. The lowest BCUT2D eigenvalue weighted by Gasteiger charge is -2.26. The number of allylic oxidation sites excluding steroid dienone is 3. The molecule has 0 unspecified atom stereocenters. The van der Waals surface area contributed by atoms with Crippen LogP contribution in [0.2, 0.25) is 0 Å². The number of ether oxygens (including phenoxy) is 1. The van der Waals surface area contributed by atoms with E-state index in [4.69, 9.17) is 9.72 Å². The number of nitrogens with zero attached hydrogens (tertiary/aromatic N) is 3. The van der Waals surface area contributed by atoms with Crippen LogP contribution in [0.1, 0.15) is 10.6 Å². The summed E-state index contributed by atoms with van der Waals surface area (Å²) in [5.41, 5.74) is 4.58. The Bertz CT molecular complexity index is 888. The van der Waals surface area contributed by atoms with Crippen LogP contribution in [0.3, 0.4) is 0 Å². The maximum Gasteiger partial charge on any atom is 0.414 e. The molecule has 0 spiro atoms. The highest BCUT2D eigenvalue weighted by Gasteiger charge is 2.24. The Labute approximate surface area is 156 Å². The number of hydrogen-bond donors (Lipinski definition) is 0. The first kappa shape index (κ1) is 15.6. The number of carbonyl (C=O) groups excluding carboxylic acids is 1. The molecule has 5 rings (SSSR count). The molecule has 1 aromatic carbocycles. The summed E-state index contributed by atoms with van der Waals surface area (Å²) in [5, 5.41) is 1.07. The lowest BCUT2D eigenvalue weighted by atomic mass is 10.2. The fraction of sp³-hybridized carbons (Fsp3) is 0.300. The largest absolute Gasteiger partial charge is 0.447 e. The minimum Gasteiger partial charge on any atom is -0.447 e. The van der Waals surface area contributed by atoms with E-state index in [-0.39, 0.29) is 6.09 Å². The lowest BCUT2D eigenvalue weighted by Crippen LogP contribution is -2.26. The summed E-state index contributed by atoms with van der Waals surface area (Å²) in [6.45, 7) is 3.17. The maximum atomic E-state index is 11.7. The van der Waals surface area contributed by atoms with Gasteiger partial charge in [0.25, 0.3) is 0 Å². The predicted molar refractivity (Wildman–Crippen MR) is 102 cm³/mol.